The number of carbonyl (C=O) groups is 2. The third kappa shape index (κ3) is 5.89. The van der Waals surface area contributed by atoms with Crippen LogP contribution < -0.4 is 10.7 Å². The number of hydrazone groups is 1. The summed E-state index contributed by atoms with van der Waals surface area (Å²) in [6, 6.07) is 18.3. The van der Waals surface area contributed by atoms with Crippen LogP contribution in [0.15, 0.2) is 70.2 Å². The minimum atomic E-state index is -0.294. The monoisotopic (exact) mass is 453 g/mol. The Morgan fingerprint density at radius 3 is 2.48 bits per heavy atom. The van der Waals surface area contributed by atoms with Gasteiger partial charge in [-0.05, 0) is 47.5 Å². The lowest BCUT2D eigenvalue weighted by atomic mass is 10.0. The summed E-state index contributed by atoms with van der Waals surface area (Å²) in [6.07, 6.45) is 2.24. The topological polar surface area (TPSA) is 90.8 Å². The summed E-state index contributed by atoms with van der Waals surface area (Å²) in [7, 11) is 0. The van der Waals surface area contributed by atoms with Gasteiger partial charge < -0.3 is 10.4 Å². The van der Waals surface area contributed by atoms with Crippen LogP contribution in [-0.4, -0.2) is 23.1 Å². The maximum absolute atomic E-state index is 11.9. The van der Waals surface area contributed by atoms with E-state index in [1.165, 1.54) is 6.21 Å². The van der Waals surface area contributed by atoms with Crippen molar-refractivity contribution in [1.29, 1.82) is 0 Å². The average Bonchev–Trinajstić information content (AvgIpc) is 2.71. The van der Waals surface area contributed by atoms with Crippen molar-refractivity contribution in [2.45, 2.75) is 19.3 Å². The first-order chi connectivity index (χ1) is 14.0. The van der Waals surface area contributed by atoms with Crippen molar-refractivity contribution < 1.29 is 14.7 Å². The Kier molecular flexibility index (Phi) is 6.97. The van der Waals surface area contributed by atoms with Gasteiger partial charge >= 0.3 is 0 Å². The van der Waals surface area contributed by atoms with Gasteiger partial charge in [0.25, 0.3) is 0 Å². The predicted molar refractivity (Wildman–Crippen MR) is 118 cm³/mol. The Morgan fingerprint density at radius 2 is 1.69 bits per heavy atom. The Bertz CT molecular complexity index is 1050. The lowest BCUT2D eigenvalue weighted by Gasteiger charge is -2.06. The smallest absolute Gasteiger partial charge is 0.240 e. The number of aromatic hydroxyl groups is 1. The summed E-state index contributed by atoms with van der Waals surface area (Å²) < 4.78 is 0.935. The first-order valence-corrected chi connectivity index (χ1v) is 9.90. The first kappa shape index (κ1) is 20.5. The number of amides is 2. The van der Waals surface area contributed by atoms with Crippen LogP contribution in [0.2, 0.25) is 0 Å². The van der Waals surface area contributed by atoms with Gasteiger partial charge in [0.05, 0.1) is 6.21 Å². The molecule has 0 atom stereocenters. The molecule has 0 fully saturated rings. The van der Waals surface area contributed by atoms with Gasteiger partial charge in [0, 0.05) is 28.6 Å². The molecule has 3 N–H and O–H groups in total. The number of fused-ring (bicyclic) bond motifs is 1. The molecule has 0 heterocycles. The molecule has 0 saturated heterocycles. The van der Waals surface area contributed by atoms with Crippen molar-refractivity contribution in [2.75, 3.05) is 5.32 Å². The normalized spacial score (nSPS) is 10.9. The molecule has 3 aromatic rings. The average molecular weight is 454 g/mol. The molecule has 3 rings (SSSR count). The van der Waals surface area contributed by atoms with Gasteiger partial charge in [-0.3, -0.25) is 9.59 Å². The zero-order chi connectivity index (χ0) is 20.6. The number of hydrogen-bond acceptors (Lipinski definition) is 4. The van der Waals surface area contributed by atoms with Gasteiger partial charge in [-0.1, -0.05) is 46.3 Å². The Balaban J connectivity index is 1.46. The molecule has 0 spiro atoms. The third-order valence-electron chi connectivity index (χ3n) is 4.27. The zero-order valence-electron chi connectivity index (χ0n) is 15.6. The molecule has 2 amide bonds. The fourth-order valence-electron chi connectivity index (χ4n) is 2.81. The number of nitrogens with zero attached hydrogens (tertiary/aromatic N) is 1. The molecule has 0 bridgehead atoms. The largest absolute Gasteiger partial charge is 0.507 e. The number of carbonyl (C=O) groups excluding carboxylic acids is 2. The van der Waals surface area contributed by atoms with Crippen molar-refractivity contribution >= 4 is 50.4 Å². The minimum Gasteiger partial charge on any atom is -0.507 e. The molecule has 0 aliphatic rings. The second kappa shape index (κ2) is 9.84. The van der Waals surface area contributed by atoms with Crippen molar-refractivity contribution in [3.8, 4) is 5.75 Å². The van der Waals surface area contributed by atoms with E-state index in [0.29, 0.717) is 17.7 Å². The second-order valence-corrected chi connectivity index (χ2v) is 7.34. The lowest BCUT2D eigenvalue weighted by molar-refractivity contribution is -0.121. The molecule has 0 aromatic heterocycles. The molecular formula is C22H20BrN3O3. The fourth-order valence-corrected chi connectivity index (χ4v) is 3.08. The van der Waals surface area contributed by atoms with E-state index >= 15 is 0 Å². The lowest BCUT2D eigenvalue weighted by Crippen LogP contribution is -2.18. The molecule has 148 valence electrons. The van der Waals surface area contributed by atoms with Crippen LogP contribution in [-0.2, 0) is 9.59 Å². The highest BCUT2D eigenvalue weighted by molar-refractivity contribution is 9.10. The van der Waals surface area contributed by atoms with Gasteiger partial charge in [-0.2, -0.15) is 5.10 Å². The third-order valence-corrected chi connectivity index (χ3v) is 4.79. The number of hydrogen-bond donors (Lipinski definition) is 3. The van der Waals surface area contributed by atoms with E-state index in [1.54, 1.807) is 18.2 Å². The van der Waals surface area contributed by atoms with Gasteiger partial charge in [-0.15, -0.1) is 0 Å². The van der Waals surface area contributed by atoms with Crippen LogP contribution in [0, 0.1) is 0 Å². The molecule has 3 aromatic carbocycles. The predicted octanol–water partition coefficient (Wildman–Crippen LogP) is 4.57. The quantitative estimate of drug-likeness (QED) is 0.361. The molecule has 0 radical (unpaired) electrons. The number of benzene rings is 3. The van der Waals surface area contributed by atoms with Crippen molar-refractivity contribution in [1.82, 2.24) is 5.43 Å². The summed E-state index contributed by atoms with van der Waals surface area (Å²) in [5.74, 6) is -0.354. The van der Waals surface area contributed by atoms with E-state index in [2.05, 4.69) is 31.8 Å². The van der Waals surface area contributed by atoms with E-state index in [4.69, 9.17) is 0 Å². The Hall–Kier alpha value is -3.19. The van der Waals surface area contributed by atoms with Crippen LogP contribution in [0.25, 0.3) is 10.8 Å². The number of halogens is 1. The second-order valence-electron chi connectivity index (χ2n) is 6.42. The first-order valence-electron chi connectivity index (χ1n) is 9.11. The maximum Gasteiger partial charge on any atom is 0.240 e. The summed E-state index contributed by atoms with van der Waals surface area (Å²) in [6.45, 7) is 0. The molecule has 0 saturated carbocycles. The molecule has 0 unspecified atom stereocenters. The summed E-state index contributed by atoms with van der Waals surface area (Å²) in [4.78, 5) is 23.9. The van der Waals surface area contributed by atoms with Gasteiger partial charge in [0.2, 0.25) is 11.8 Å². The zero-order valence-corrected chi connectivity index (χ0v) is 17.1. The number of nitrogens with one attached hydrogen (secondary N) is 2. The number of rotatable bonds is 7. The molecule has 0 aliphatic heterocycles. The van der Waals surface area contributed by atoms with E-state index in [9.17, 15) is 14.7 Å². The van der Waals surface area contributed by atoms with E-state index in [0.717, 1.165) is 15.2 Å². The SMILES string of the molecule is O=C(CCCC(=O)Nc1ccc(Br)cc1)N/N=C\c1c(O)ccc2ccccc12. The van der Waals surface area contributed by atoms with E-state index in [-0.39, 0.29) is 30.4 Å². The molecule has 29 heavy (non-hydrogen) atoms. The highest BCUT2D eigenvalue weighted by Gasteiger charge is 2.07. The standard InChI is InChI=1S/C22H20BrN3O3/c23-16-9-11-17(12-10-16)25-21(28)6-3-7-22(29)26-24-14-19-18-5-2-1-4-15(18)8-13-20(19)27/h1-2,4-5,8-14,27H,3,6-7H2,(H,25,28)(H,26,29)/b24-14-. The van der Waals surface area contributed by atoms with Gasteiger partial charge in [-0.25, -0.2) is 5.43 Å². The highest BCUT2D eigenvalue weighted by atomic mass is 79.9. The van der Waals surface area contributed by atoms with Crippen molar-refractivity contribution in [3.05, 3.63) is 70.7 Å². The van der Waals surface area contributed by atoms with Crippen molar-refractivity contribution in [2.24, 2.45) is 5.10 Å². The van der Waals surface area contributed by atoms with Crippen LogP contribution in [0.4, 0.5) is 5.69 Å². The van der Waals surface area contributed by atoms with Crippen LogP contribution in [0.3, 0.4) is 0 Å². The van der Waals surface area contributed by atoms with E-state index in [1.807, 2.05) is 42.5 Å². The molecule has 6 nitrogen and oxygen atoms in total. The van der Waals surface area contributed by atoms with Crippen molar-refractivity contribution in [3.63, 3.8) is 0 Å². The van der Waals surface area contributed by atoms with Gasteiger partial charge in [0.15, 0.2) is 0 Å². The molecule has 7 heteroatoms. The highest BCUT2D eigenvalue weighted by Crippen LogP contribution is 2.25. The summed E-state index contributed by atoms with van der Waals surface area (Å²) in [5.41, 5.74) is 3.68. The van der Waals surface area contributed by atoms with E-state index < -0.39 is 0 Å². The molecule has 0 aliphatic carbocycles. The number of phenolic OH excluding ortho intramolecular Hbond substituents is 1. The van der Waals surface area contributed by atoms with Crippen LogP contribution in [0.1, 0.15) is 24.8 Å². The minimum absolute atomic E-state index is 0.0892. The Morgan fingerprint density at radius 1 is 0.966 bits per heavy atom. The van der Waals surface area contributed by atoms with Crippen LogP contribution >= 0.6 is 15.9 Å². The fraction of sp³-hybridized carbons (Fsp3) is 0.136. The summed E-state index contributed by atoms with van der Waals surface area (Å²) in [5, 5.41) is 18.6. The van der Waals surface area contributed by atoms with Crippen LogP contribution in [0.5, 0.6) is 5.75 Å². The summed E-state index contributed by atoms with van der Waals surface area (Å²) >= 11 is 3.34. The Labute approximate surface area is 176 Å². The maximum atomic E-state index is 11.9. The molecular weight excluding hydrogens is 434 g/mol. The number of anilines is 1. The number of phenols is 1. The van der Waals surface area contributed by atoms with Gasteiger partial charge in [0.1, 0.15) is 5.75 Å².